The van der Waals surface area contributed by atoms with Crippen LogP contribution in [0.1, 0.15) is 20.7 Å². The van der Waals surface area contributed by atoms with Crippen molar-refractivity contribution in [3.05, 3.63) is 78.0 Å². The van der Waals surface area contributed by atoms with Gasteiger partial charge in [0.1, 0.15) is 0 Å². The van der Waals surface area contributed by atoms with Crippen LogP contribution in [-0.4, -0.2) is 18.9 Å². The number of ether oxygens (including phenoxy) is 1. The van der Waals surface area contributed by atoms with E-state index < -0.39 is 5.97 Å². The smallest absolute Gasteiger partial charge is 0.337 e. The highest BCUT2D eigenvalue weighted by atomic mass is 16.5. The molecule has 0 unspecified atom stereocenters. The first-order chi connectivity index (χ1) is 10.2. The molecule has 0 amide bonds. The van der Waals surface area contributed by atoms with Gasteiger partial charge in [-0.3, -0.25) is 4.79 Å². The first-order valence-corrected chi connectivity index (χ1v) is 6.41. The van der Waals surface area contributed by atoms with E-state index in [1.807, 2.05) is 30.3 Å². The lowest BCUT2D eigenvalue weighted by Crippen LogP contribution is -2.03. The highest BCUT2D eigenvalue weighted by Crippen LogP contribution is 2.09. The van der Waals surface area contributed by atoms with Crippen LogP contribution in [0.2, 0.25) is 0 Å². The molecule has 0 heterocycles. The van der Waals surface area contributed by atoms with Gasteiger partial charge in [-0.05, 0) is 24.3 Å². The summed E-state index contributed by atoms with van der Waals surface area (Å²) in [5.41, 5.74) is 1.68. The number of benzene rings is 2. The summed E-state index contributed by atoms with van der Waals surface area (Å²) in [7, 11) is 1.31. The summed E-state index contributed by atoms with van der Waals surface area (Å²) in [6.07, 6.45) is 2.99. The van der Waals surface area contributed by atoms with E-state index in [9.17, 15) is 9.59 Å². The summed E-state index contributed by atoms with van der Waals surface area (Å²) in [6, 6.07) is 15.9. The second-order valence-electron chi connectivity index (χ2n) is 4.28. The predicted octanol–water partition coefficient (Wildman–Crippen LogP) is 3.28. The molecule has 0 bridgehead atoms. The lowest BCUT2D eigenvalue weighted by molar-refractivity contribution is 0.0600. The van der Waals surface area contributed by atoms with Crippen molar-refractivity contribution in [2.24, 2.45) is 0 Å². The molecule has 0 spiro atoms. The van der Waals surface area contributed by atoms with E-state index in [4.69, 9.17) is 0 Å². The van der Waals surface area contributed by atoms with Crippen LogP contribution < -0.4 is 5.32 Å². The molecular formula is C17H15NO3. The number of rotatable bonds is 5. The number of methoxy groups -OCH3 is 1. The van der Waals surface area contributed by atoms with Gasteiger partial charge in [-0.25, -0.2) is 4.79 Å². The molecule has 21 heavy (non-hydrogen) atoms. The minimum absolute atomic E-state index is 0.191. The average Bonchev–Trinajstić information content (AvgIpc) is 2.55. The molecule has 0 aliphatic rings. The van der Waals surface area contributed by atoms with Crippen molar-refractivity contribution < 1.29 is 14.3 Å². The predicted molar refractivity (Wildman–Crippen MR) is 81.3 cm³/mol. The molecule has 4 heteroatoms. The van der Waals surface area contributed by atoms with E-state index >= 15 is 0 Å². The Morgan fingerprint density at radius 1 is 1.00 bits per heavy atom. The normalized spacial score (nSPS) is 10.3. The number of hydrogen-bond acceptors (Lipinski definition) is 4. The Labute approximate surface area is 123 Å². The van der Waals surface area contributed by atoms with Gasteiger partial charge in [0.05, 0.1) is 12.7 Å². The van der Waals surface area contributed by atoms with Gasteiger partial charge in [0.25, 0.3) is 0 Å². The third-order valence-corrected chi connectivity index (χ3v) is 2.83. The van der Waals surface area contributed by atoms with Crippen LogP contribution >= 0.6 is 0 Å². The molecule has 0 aliphatic heterocycles. The number of anilines is 1. The standard InChI is InChI=1S/C17H15NO3/c1-21-17(20)14-7-5-6-13(12-14)16(19)10-11-18-15-8-3-2-4-9-15/h2-12,18H,1H3/b11-10-. The molecule has 2 aromatic carbocycles. The van der Waals surface area contributed by atoms with Crippen molar-refractivity contribution in [3.8, 4) is 0 Å². The number of esters is 1. The van der Waals surface area contributed by atoms with Gasteiger partial charge in [-0.2, -0.15) is 0 Å². The van der Waals surface area contributed by atoms with Crippen LogP contribution in [0.5, 0.6) is 0 Å². The van der Waals surface area contributed by atoms with Gasteiger partial charge >= 0.3 is 5.97 Å². The summed E-state index contributed by atoms with van der Waals surface area (Å²) < 4.78 is 4.63. The van der Waals surface area contributed by atoms with Crippen molar-refractivity contribution in [1.82, 2.24) is 0 Å². The Balaban J connectivity index is 2.05. The molecule has 4 nitrogen and oxygen atoms in total. The van der Waals surface area contributed by atoms with Crippen molar-refractivity contribution in [3.63, 3.8) is 0 Å². The summed E-state index contributed by atoms with van der Waals surface area (Å²) in [5, 5.41) is 3.00. The molecule has 0 saturated heterocycles. The minimum atomic E-state index is -0.462. The summed E-state index contributed by atoms with van der Waals surface area (Å²) >= 11 is 0. The first-order valence-electron chi connectivity index (χ1n) is 6.41. The topological polar surface area (TPSA) is 55.4 Å². The minimum Gasteiger partial charge on any atom is -0.465 e. The van der Waals surface area contributed by atoms with Gasteiger partial charge in [-0.1, -0.05) is 30.3 Å². The molecule has 0 aliphatic carbocycles. The fourth-order valence-electron chi connectivity index (χ4n) is 1.76. The maximum Gasteiger partial charge on any atom is 0.337 e. The zero-order valence-electron chi connectivity index (χ0n) is 11.6. The molecule has 0 atom stereocenters. The van der Waals surface area contributed by atoms with E-state index in [-0.39, 0.29) is 5.78 Å². The van der Waals surface area contributed by atoms with Crippen LogP contribution in [0.25, 0.3) is 0 Å². The van der Waals surface area contributed by atoms with Crippen molar-refractivity contribution >= 4 is 17.4 Å². The zero-order valence-corrected chi connectivity index (χ0v) is 11.6. The van der Waals surface area contributed by atoms with Gasteiger partial charge in [0.2, 0.25) is 0 Å². The SMILES string of the molecule is COC(=O)c1cccc(C(=O)/C=C\Nc2ccccc2)c1. The van der Waals surface area contributed by atoms with E-state index in [1.54, 1.807) is 24.4 Å². The van der Waals surface area contributed by atoms with Crippen molar-refractivity contribution in [1.29, 1.82) is 0 Å². The Kier molecular flexibility index (Phi) is 4.88. The molecule has 0 aromatic heterocycles. The van der Waals surface area contributed by atoms with E-state index in [2.05, 4.69) is 10.1 Å². The van der Waals surface area contributed by atoms with E-state index in [0.717, 1.165) is 5.69 Å². The number of nitrogens with one attached hydrogen (secondary N) is 1. The molecule has 0 fully saturated rings. The number of para-hydroxylation sites is 1. The average molecular weight is 281 g/mol. The molecular weight excluding hydrogens is 266 g/mol. The van der Waals surface area contributed by atoms with E-state index in [0.29, 0.717) is 11.1 Å². The summed E-state index contributed by atoms with van der Waals surface area (Å²) in [5.74, 6) is -0.653. The maximum atomic E-state index is 12.0. The Hall–Kier alpha value is -2.88. The summed E-state index contributed by atoms with van der Waals surface area (Å²) in [6.45, 7) is 0. The number of hydrogen-bond donors (Lipinski definition) is 1. The lowest BCUT2D eigenvalue weighted by atomic mass is 10.1. The Morgan fingerprint density at radius 3 is 2.43 bits per heavy atom. The largest absolute Gasteiger partial charge is 0.465 e. The van der Waals surface area contributed by atoms with Gasteiger partial charge in [0.15, 0.2) is 5.78 Å². The summed E-state index contributed by atoms with van der Waals surface area (Å²) in [4.78, 5) is 23.4. The quantitative estimate of drug-likeness (QED) is 0.519. The fraction of sp³-hybridized carbons (Fsp3) is 0.0588. The second kappa shape index (κ2) is 7.05. The van der Waals surface area contributed by atoms with Crippen molar-refractivity contribution in [2.75, 3.05) is 12.4 Å². The Morgan fingerprint density at radius 2 is 1.71 bits per heavy atom. The fourth-order valence-corrected chi connectivity index (χ4v) is 1.76. The highest BCUT2D eigenvalue weighted by molar-refractivity contribution is 6.06. The molecule has 2 rings (SSSR count). The molecule has 1 N–H and O–H groups in total. The van der Waals surface area contributed by atoms with Gasteiger partial charge in [-0.15, -0.1) is 0 Å². The van der Waals surface area contributed by atoms with Crippen LogP contribution in [0.15, 0.2) is 66.9 Å². The van der Waals surface area contributed by atoms with Crippen LogP contribution in [0.3, 0.4) is 0 Å². The number of carbonyl (C=O) groups is 2. The monoisotopic (exact) mass is 281 g/mol. The number of carbonyl (C=O) groups excluding carboxylic acids is 2. The second-order valence-corrected chi connectivity index (χ2v) is 4.28. The zero-order chi connectivity index (χ0) is 15.1. The van der Waals surface area contributed by atoms with Gasteiger partial charge < -0.3 is 10.1 Å². The lowest BCUT2D eigenvalue weighted by Gasteiger charge is -2.02. The van der Waals surface area contributed by atoms with Gasteiger partial charge in [0, 0.05) is 23.5 Å². The molecule has 0 saturated carbocycles. The Bertz CT molecular complexity index is 663. The third-order valence-electron chi connectivity index (χ3n) is 2.83. The molecule has 0 radical (unpaired) electrons. The third kappa shape index (κ3) is 4.04. The maximum absolute atomic E-state index is 12.0. The first kappa shape index (κ1) is 14.5. The van der Waals surface area contributed by atoms with Crippen LogP contribution in [0.4, 0.5) is 5.69 Å². The van der Waals surface area contributed by atoms with Crippen LogP contribution in [0, 0.1) is 0 Å². The number of ketones is 1. The molecule has 2 aromatic rings. The number of allylic oxidation sites excluding steroid dienone is 1. The van der Waals surface area contributed by atoms with E-state index in [1.165, 1.54) is 19.3 Å². The van der Waals surface area contributed by atoms with Crippen LogP contribution in [-0.2, 0) is 4.74 Å². The molecule has 106 valence electrons. The highest BCUT2D eigenvalue weighted by Gasteiger charge is 2.08. The van der Waals surface area contributed by atoms with Crippen molar-refractivity contribution in [2.45, 2.75) is 0 Å².